The standard InChI is InChI=1S/C21H33N3O4/c1-13(2)11-16(20(28)23(6)12-17(25)22-21(3,4)5)24-18(26)14-9-7-8-10-15(14)19(24)27/h7-8,13-16H,9-12H2,1-6H3,(H,22,25). The predicted octanol–water partition coefficient (Wildman–Crippen LogP) is 1.73. The fourth-order valence-electron chi connectivity index (χ4n) is 3.90. The lowest BCUT2D eigenvalue weighted by Gasteiger charge is -2.31. The van der Waals surface area contributed by atoms with Gasteiger partial charge in [0, 0.05) is 12.6 Å². The average Bonchev–Trinajstić information content (AvgIpc) is 2.82. The van der Waals surface area contributed by atoms with Gasteiger partial charge in [0.05, 0.1) is 18.4 Å². The van der Waals surface area contributed by atoms with Gasteiger partial charge in [-0.05, 0) is 46.0 Å². The number of hydrogen-bond acceptors (Lipinski definition) is 4. The number of carbonyl (C=O) groups excluding carboxylic acids is 4. The smallest absolute Gasteiger partial charge is 0.246 e. The fraction of sp³-hybridized carbons (Fsp3) is 0.714. The van der Waals surface area contributed by atoms with Crippen molar-refractivity contribution in [1.29, 1.82) is 0 Å². The third-order valence-electron chi connectivity index (χ3n) is 5.10. The highest BCUT2D eigenvalue weighted by molar-refractivity contribution is 6.08. The molecule has 1 fully saturated rings. The summed E-state index contributed by atoms with van der Waals surface area (Å²) in [6.07, 6.45) is 5.32. The van der Waals surface area contributed by atoms with Gasteiger partial charge in [0.1, 0.15) is 6.04 Å². The van der Waals surface area contributed by atoms with Crippen LogP contribution in [0.5, 0.6) is 0 Å². The van der Waals surface area contributed by atoms with Crippen LogP contribution in [0.1, 0.15) is 53.9 Å². The Morgan fingerprint density at radius 2 is 1.64 bits per heavy atom. The van der Waals surface area contributed by atoms with Crippen LogP contribution in [0.2, 0.25) is 0 Å². The van der Waals surface area contributed by atoms with Crippen molar-refractivity contribution in [2.24, 2.45) is 17.8 Å². The van der Waals surface area contributed by atoms with Crippen molar-refractivity contribution < 1.29 is 19.2 Å². The first kappa shape index (κ1) is 22.1. The summed E-state index contributed by atoms with van der Waals surface area (Å²) < 4.78 is 0. The minimum atomic E-state index is -0.863. The number of nitrogens with zero attached hydrogens (tertiary/aromatic N) is 2. The molecule has 28 heavy (non-hydrogen) atoms. The molecular weight excluding hydrogens is 358 g/mol. The molecule has 1 saturated heterocycles. The van der Waals surface area contributed by atoms with E-state index in [1.54, 1.807) is 0 Å². The van der Waals surface area contributed by atoms with Gasteiger partial charge in [0.15, 0.2) is 0 Å². The van der Waals surface area contributed by atoms with Gasteiger partial charge in [-0.1, -0.05) is 26.0 Å². The quantitative estimate of drug-likeness (QED) is 0.552. The highest BCUT2D eigenvalue weighted by Gasteiger charge is 2.51. The molecule has 1 aliphatic heterocycles. The van der Waals surface area contributed by atoms with Crippen LogP contribution in [0, 0.1) is 17.8 Å². The molecule has 2 aliphatic rings. The molecule has 7 nitrogen and oxygen atoms in total. The van der Waals surface area contributed by atoms with Crippen molar-refractivity contribution in [2.75, 3.05) is 13.6 Å². The molecule has 0 saturated carbocycles. The van der Waals surface area contributed by atoms with Gasteiger partial charge in [-0.25, -0.2) is 0 Å². The van der Waals surface area contributed by atoms with Crippen LogP contribution in [-0.4, -0.2) is 58.6 Å². The average molecular weight is 392 g/mol. The highest BCUT2D eigenvalue weighted by atomic mass is 16.2. The highest BCUT2D eigenvalue weighted by Crippen LogP contribution is 2.37. The van der Waals surface area contributed by atoms with E-state index < -0.39 is 11.6 Å². The molecule has 0 spiro atoms. The van der Waals surface area contributed by atoms with Crippen LogP contribution in [0.3, 0.4) is 0 Å². The zero-order valence-electron chi connectivity index (χ0n) is 17.8. The van der Waals surface area contributed by atoms with E-state index in [0.29, 0.717) is 19.3 Å². The number of carbonyl (C=O) groups is 4. The molecule has 3 atom stereocenters. The minimum Gasteiger partial charge on any atom is -0.350 e. The Bertz CT molecular complexity index is 652. The molecule has 1 N–H and O–H groups in total. The van der Waals surface area contributed by atoms with Gasteiger partial charge in [-0.3, -0.25) is 24.1 Å². The summed E-state index contributed by atoms with van der Waals surface area (Å²) in [6, 6.07) is -0.863. The number of hydrogen-bond donors (Lipinski definition) is 1. The van der Waals surface area contributed by atoms with Crippen LogP contribution < -0.4 is 5.32 Å². The normalized spacial score (nSPS) is 23.0. The summed E-state index contributed by atoms with van der Waals surface area (Å²) in [5.74, 6) is -1.78. The molecule has 0 aromatic heterocycles. The molecule has 7 heteroatoms. The van der Waals surface area contributed by atoms with Gasteiger partial charge in [0.2, 0.25) is 23.6 Å². The van der Waals surface area contributed by atoms with Crippen LogP contribution >= 0.6 is 0 Å². The van der Waals surface area contributed by atoms with Crippen molar-refractivity contribution in [3.05, 3.63) is 12.2 Å². The SMILES string of the molecule is CC(C)CC(C(=O)N(C)CC(=O)NC(C)(C)C)N1C(=O)C2CC=CCC2C1=O. The molecule has 156 valence electrons. The summed E-state index contributed by atoms with van der Waals surface area (Å²) in [5.41, 5.74) is -0.401. The second-order valence-corrected chi connectivity index (χ2v) is 9.34. The summed E-state index contributed by atoms with van der Waals surface area (Å²) >= 11 is 0. The van der Waals surface area contributed by atoms with Crippen molar-refractivity contribution in [3.63, 3.8) is 0 Å². The van der Waals surface area contributed by atoms with Crippen LogP contribution in [0.25, 0.3) is 0 Å². The molecule has 1 heterocycles. The van der Waals surface area contributed by atoms with E-state index in [2.05, 4.69) is 5.32 Å². The topological polar surface area (TPSA) is 86.8 Å². The number of imide groups is 1. The van der Waals surface area contributed by atoms with Gasteiger partial charge >= 0.3 is 0 Å². The van der Waals surface area contributed by atoms with Gasteiger partial charge in [-0.15, -0.1) is 0 Å². The van der Waals surface area contributed by atoms with E-state index in [0.717, 1.165) is 0 Å². The van der Waals surface area contributed by atoms with Gasteiger partial charge in [0.25, 0.3) is 0 Å². The molecule has 2 rings (SSSR count). The van der Waals surface area contributed by atoms with E-state index in [-0.39, 0.29) is 47.9 Å². The third kappa shape index (κ3) is 5.00. The Labute approximate surface area is 167 Å². The largest absolute Gasteiger partial charge is 0.350 e. The van der Waals surface area contributed by atoms with Crippen molar-refractivity contribution in [1.82, 2.24) is 15.1 Å². The number of amides is 4. The lowest BCUT2D eigenvalue weighted by atomic mass is 9.85. The van der Waals surface area contributed by atoms with Crippen molar-refractivity contribution >= 4 is 23.6 Å². The van der Waals surface area contributed by atoms with Gasteiger partial charge < -0.3 is 10.2 Å². The first-order valence-electron chi connectivity index (χ1n) is 10.00. The zero-order chi connectivity index (χ0) is 21.2. The summed E-state index contributed by atoms with van der Waals surface area (Å²) in [6.45, 7) is 9.39. The molecule has 1 aliphatic carbocycles. The maximum absolute atomic E-state index is 13.1. The third-order valence-corrected chi connectivity index (χ3v) is 5.10. The van der Waals surface area contributed by atoms with E-state index in [4.69, 9.17) is 0 Å². The first-order valence-corrected chi connectivity index (χ1v) is 10.00. The van der Waals surface area contributed by atoms with E-state index in [9.17, 15) is 19.2 Å². The van der Waals surface area contributed by atoms with E-state index >= 15 is 0 Å². The second-order valence-electron chi connectivity index (χ2n) is 9.34. The number of likely N-dealkylation sites (N-methyl/N-ethyl adjacent to an activating group) is 1. The minimum absolute atomic E-state index is 0.116. The molecule has 4 amide bonds. The monoisotopic (exact) mass is 391 g/mol. The number of allylic oxidation sites excluding steroid dienone is 2. The second kappa shape index (κ2) is 8.45. The predicted molar refractivity (Wildman–Crippen MR) is 106 cm³/mol. The first-order chi connectivity index (χ1) is 12.9. The van der Waals surface area contributed by atoms with E-state index in [1.807, 2.05) is 46.8 Å². The Morgan fingerprint density at radius 1 is 1.14 bits per heavy atom. The van der Waals surface area contributed by atoms with Crippen molar-refractivity contribution in [2.45, 2.75) is 65.5 Å². The number of rotatable bonds is 6. The van der Waals surface area contributed by atoms with Crippen LogP contribution in [-0.2, 0) is 19.2 Å². The molecule has 0 aromatic carbocycles. The number of likely N-dealkylation sites (tertiary alicyclic amines) is 1. The van der Waals surface area contributed by atoms with Crippen molar-refractivity contribution in [3.8, 4) is 0 Å². The fourth-order valence-corrected chi connectivity index (χ4v) is 3.90. The molecule has 0 radical (unpaired) electrons. The molecule has 0 aromatic rings. The van der Waals surface area contributed by atoms with E-state index in [1.165, 1.54) is 16.8 Å². The maximum Gasteiger partial charge on any atom is 0.246 e. The lowest BCUT2D eigenvalue weighted by molar-refractivity contribution is -0.152. The summed E-state index contributed by atoms with van der Waals surface area (Å²) in [5, 5.41) is 2.82. The summed E-state index contributed by atoms with van der Waals surface area (Å²) in [4.78, 5) is 53.7. The van der Waals surface area contributed by atoms with Crippen LogP contribution in [0.4, 0.5) is 0 Å². The zero-order valence-corrected chi connectivity index (χ0v) is 17.8. The lowest BCUT2D eigenvalue weighted by Crippen LogP contribution is -2.53. The Hall–Kier alpha value is -2.18. The molecule has 0 bridgehead atoms. The number of fused-ring (bicyclic) bond motifs is 1. The molecule has 3 unspecified atom stereocenters. The Morgan fingerprint density at radius 3 is 2.07 bits per heavy atom. The van der Waals surface area contributed by atoms with Crippen LogP contribution in [0.15, 0.2) is 12.2 Å². The summed E-state index contributed by atoms with van der Waals surface area (Å²) in [7, 11) is 1.54. The maximum atomic E-state index is 13.1. The Balaban J connectivity index is 2.18. The van der Waals surface area contributed by atoms with Gasteiger partial charge in [-0.2, -0.15) is 0 Å². The number of nitrogens with one attached hydrogen (secondary N) is 1. The molecular formula is C21H33N3O4. The Kier molecular flexibility index (Phi) is 6.67.